The normalized spacial score (nSPS) is 10.4. The highest BCUT2D eigenvalue weighted by molar-refractivity contribution is 5.59. The Morgan fingerprint density at radius 1 is 1.15 bits per heavy atom. The molecule has 0 saturated carbocycles. The zero-order valence-corrected chi connectivity index (χ0v) is 11.0. The molecule has 0 amide bonds. The molecule has 0 saturated heterocycles. The van der Waals surface area contributed by atoms with Gasteiger partial charge in [-0.25, -0.2) is 0 Å². The van der Waals surface area contributed by atoms with Gasteiger partial charge in [0.1, 0.15) is 17.5 Å². The van der Waals surface area contributed by atoms with Crippen molar-refractivity contribution < 1.29 is 4.52 Å². The summed E-state index contributed by atoms with van der Waals surface area (Å²) < 4.78 is 5.22. The predicted molar refractivity (Wildman–Crippen MR) is 71.5 cm³/mol. The average molecular weight is 265 g/mol. The molecule has 3 aromatic heterocycles. The van der Waals surface area contributed by atoms with Gasteiger partial charge in [0.05, 0.1) is 0 Å². The van der Waals surface area contributed by atoms with Gasteiger partial charge >= 0.3 is 0 Å². The molecule has 98 valence electrons. The van der Waals surface area contributed by atoms with Crippen molar-refractivity contribution in [1.29, 1.82) is 5.26 Å². The number of rotatable bonds is 2. The van der Waals surface area contributed by atoms with E-state index in [1.807, 2.05) is 32.0 Å². The van der Waals surface area contributed by atoms with E-state index in [0.717, 1.165) is 17.0 Å². The van der Waals surface area contributed by atoms with Crippen LogP contribution in [-0.2, 0) is 0 Å². The lowest BCUT2D eigenvalue weighted by molar-refractivity contribution is 0.431. The van der Waals surface area contributed by atoms with Gasteiger partial charge in [0.2, 0.25) is 5.82 Å². The summed E-state index contributed by atoms with van der Waals surface area (Å²) in [7, 11) is 0. The van der Waals surface area contributed by atoms with Crippen molar-refractivity contribution in [3.05, 3.63) is 41.3 Å². The van der Waals surface area contributed by atoms with E-state index in [9.17, 15) is 0 Å². The SMILES string of the molecule is Cc1cc(-c2noc(-c3ccc(C#N)[nH]3)n2)cc(C)n1. The molecule has 6 nitrogen and oxygen atoms in total. The molecule has 0 spiro atoms. The number of aromatic nitrogens is 4. The van der Waals surface area contributed by atoms with Crippen molar-refractivity contribution in [3.8, 4) is 29.0 Å². The van der Waals surface area contributed by atoms with Crippen LogP contribution in [-0.4, -0.2) is 20.1 Å². The lowest BCUT2D eigenvalue weighted by atomic mass is 10.2. The maximum Gasteiger partial charge on any atom is 0.274 e. The van der Waals surface area contributed by atoms with E-state index in [0.29, 0.717) is 23.1 Å². The number of aryl methyl sites for hydroxylation is 2. The molecular formula is C14H11N5O. The summed E-state index contributed by atoms with van der Waals surface area (Å²) in [6.45, 7) is 3.84. The average Bonchev–Trinajstić information content (AvgIpc) is 3.06. The van der Waals surface area contributed by atoms with Crippen LogP contribution in [0.5, 0.6) is 0 Å². The molecule has 3 heterocycles. The number of aromatic amines is 1. The second kappa shape index (κ2) is 4.63. The number of nitriles is 1. The summed E-state index contributed by atoms with van der Waals surface area (Å²) >= 11 is 0. The number of hydrogen-bond acceptors (Lipinski definition) is 5. The van der Waals surface area contributed by atoms with Gasteiger partial charge in [0.25, 0.3) is 5.89 Å². The number of pyridine rings is 1. The third-order valence-electron chi connectivity index (χ3n) is 2.80. The monoisotopic (exact) mass is 265 g/mol. The molecule has 1 N–H and O–H groups in total. The Balaban J connectivity index is 1.99. The van der Waals surface area contributed by atoms with Gasteiger partial charge in [-0.2, -0.15) is 10.2 Å². The van der Waals surface area contributed by atoms with Crippen molar-refractivity contribution >= 4 is 0 Å². The Morgan fingerprint density at radius 2 is 1.90 bits per heavy atom. The Morgan fingerprint density at radius 3 is 2.55 bits per heavy atom. The Bertz CT molecular complexity index is 789. The molecule has 0 bridgehead atoms. The maximum absolute atomic E-state index is 8.79. The molecular weight excluding hydrogens is 254 g/mol. The molecule has 0 aliphatic rings. The van der Waals surface area contributed by atoms with Crippen molar-refractivity contribution in [1.82, 2.24) is 20.1 Å². The van der Waals surface area contributed by atoms with Crippen molar-refractivity contribution in [2.75, 3.05) is 0 Å². The van der Waals surface area contributed by atoms with E-state index in [1.165, 1.54) is 0 Å². The van der Waals surface area contributed by atoms with Crippen LogP contribution in [0.15, 0.2) is 28.8 Å². The topological polar surface area (TPSA) is 91.4 Å². The lowest BCUT2D eigenvalue weighted by Crippen LogP contribution is -1.89. The Kier molecular flexibility index (Phi) is 2.80. The van der Waals surface area contributed by atoms with E-state index < -0.39 is 0 Å². The maximum atomic E-state index is 8.79. The summed E-state index contributed by atoms with van der Waals surface area (Å²) in [5.74, 6) is 0.857. The number of hydrogen-bond donors (Lipinski definition) is 1. The van der Waals surface area contributed by atoms with Gasteiger partial charge in [-0.15, -0.1) is 0 Å². The summed E-state index contributed by atoms with van der Waals surface area (Å²) in [6, 6.07) is 9.22. The summed E-state index contributed by atoms with van der Waals surface area (Å²) in [4.78, 5) is 11.5. The van der Waals surface area contributed by atoms with Crippen molar-refractivity contribution in [3.63, 3.8) is 0 Å². The fraction of sp³-hybridized carbons (Fsp3) is 0.143. The first-order valence-corrected chi connectivity index (χ1v) is 6.04. The highest BCUT2D eigenvalue weighted by Crippen LogP contribution is 2.22. The van der Waals surface area contributed by atoms with Gasteiger partial charge in [-0.1, -0.05) is 5.16 Å². The predicted octanol–water partition coefficient (Wildman–Crippen LogP) is 2.62. The molecule has 20 heavy (non-hydrogen) atoms. The highest BCUT2D eigenvalue weighted by Gasteiger charge is 2.13. The van der Waals surface area contributed by atoms with E-state index in [1.54, 1.807) is 12.1 Å². The molecule has 0 fully saturated rings. The van der Waals surface area contributed by atoms with Crippen LogP contribution < -0.4 is 0 Å². The van der Waals surface area contributed by atoms with Crippen molar-refractivity contribution in [2.45, 2.75) is 13.8 Å². The van der Waals surface area contributed by atoms with E-state index >= 15 is 0 Å². The van der Waals surface area contributed by atoms with Crippen LogP contribution in [0.2, 0.25) is 0 Å². The first-order valence-electron chi connectivity index (χ1n) is 6.04. The fourth-order valence-electron chi connectivity index (χ4n) is 2.00. The minimum Gasteiger partial charge on any atom is -0.342 e. The molecule has 3 aromatic rings. The minimum atomic E-state index is 0.355. The molecule has 0 aliphatic heterocycles. The van der Waals surface area contributed by atoms with Crippen LogP contribution in [0, 0.1) is 25.2 Å². The van der Waals surface area contributed by atoms with Crippen LogP contribution in [0.1, 0.15) is 17.1 Å². The molecule has 0 aromatic carbocycles. The van der Waals surface area contributed by atoms with E-state index in [2.05, 4.69) is 20.1 Å². The number of nitrogens with zero attached hydrogens (tertiary/aromatic N) is 4. The third kappa shape index (κ3) is 2.17. The lowest BCUT2D eigenvalue weighted by Gasteiger charge is -1.98. The summed E-state index contributed by atoms with van der Waals surface area (Å²) in [5, 5.41) is 12.8. The second-order valence-corrected chi connectivity index (χ2v) is 4.46. The van der Waals surface area contributed by atoms with Gasteiger partial charge in [0, 0.05) is 17.0 Å². The van der Waals surface area contributed by atoms with Crippen LogP contribution in [0.25, 0.3) is 23.0 Å². The fourth-order valence-corrected chi connectivity index (χ4v) is 2.00. The standard InChI is InChI=1S/C14H11N5O/c1-8-5-10(6-9(2)16-8)13-18-14(20-19-13)12-4-3-11(7-15)17-12/h3-6,17H,1-2H3. The molecule has 0 atom stereocenters. The smallest absolute Gasteiger partial charge is 0.274 e. The van der Waals surface area contributed by atoms with Crippen molar-refractivity contribution in [2.24, 2.45) is 0 Å². The first-order chi connectivity index (χ1) is 9.65. The van der Waals surface area contributed by atoms with Gasteiger partial charge in [-0.3, -0.25) is 4.98 Å². The molecule has 0 radical (unpaired) electrons. The Hall–Kier alpha value is -2.94. The van der Waals surface area contributed by atoms with E-state index in [4.69, 9.17) is 9.78 Å². The van der Waals surface area contributed by atoms with Crippen LogP contribution >= 0.6 is 0 Å². The van der Waals surface area contributed by atoms with E-state index in [-0.39, 0.29) is 0 Å². The zero-order chi connectivity index (χ0) is 14.1. The molecule has 0 unspecified atom stereocenters. The zero-order valence-electron chi connectivity index (χ0n) is 11.0. The largest absolute Gasteiger partial charge is 0.342 e. The first kappa shape index (κ1) is 12.1. The summed E-state index contributed by atoms with van der Waals surface area (Å²) in [5.41, 5.74) is 3.74. The minimum absolute atomic E-state index is 0.355. The van der Waals surface area contributed by atoms with Gasteiger partial charge in [-0.05, 0) is 38.1 Å². The van der Waals surface area contributed by atoms with Crippen LogP contribution in [0.3, 0.4) is 0 Å². The van der Waals surface area contributed by atoms with Gasteiger partial charge in [0.15, 0.2) is 0 Å². The highest BCUT2D eigenvalue weighted by atomic mass is 16.5. The van der Waals surface area contributed by atoms with Crippen LogP contribution in [0.4, 0.5) is 0 Å². The molecule has 6 heteroatoms. The quantitative estimate of drug-likeness (QED) is 0.769. The molecule has 3 rings (SSSR count). The molecule has 0 aliphatic carbocycles. The second-order valence-electron chi connectivity index (χ2n) is 4.46. The third-order valence-corrected chi connectivity index (χ3v) is 2.80. The number of nitrogens with one attached hydrogen (secondary N) is 1. The van der Waals surface area contributed by atoms with Gasteiger partial charge < -0.3 is 9.51 Å². The summed E-state index contributed by atoms with van der Waals surface area (Å²) in [6.07, 6.45) is 0. The Labute approximate surface area is 115 Å². The number of H-pyrrole nitrogens is 1.